The lowest BCUT2D eigenvalue weighted by Gasteiger charge is -2.31. The van der Waals surface area contributed by atoms with Crippen LogP contribution in [0.25, 0.3) is 15.3 Å². The molecule has 0 radical (unpaired) electrons. The number of fused-ring (bicyclic) bond motifs is 1. The number of anilines is 2. The van der Waals surface area contributed by atoms with Gasteiger partial charge in [-0.15, -0.1) is 11.3 Å². The van der Waals surface area contributed by atoms with Gasteiger partial charge >= 0.3 is 0 Å². The number of hydrogen-bond acceptors (Lipinski definition) is 8. The second kappa shape index (κ2) is 9.93. The lowest BCUT2D eigenvalue weighted by atomic mass is 9.94. The van der Waals surface area contributed by atoms with Crippen LogP contribution < -0.4 is 10.6 Å². The molecule has 12 heteroatoms. The zero-order valence-corrected chi connectivity index (χ0v) is 22.0. The number of aromatic nitrogens is 5. The molecule has 11 nitrogen and oxygen atoms in total. The number of rotatable bonds is 8. The highest BCUT2D eigenvalue weighted by molar-refractivity contribution is 7.21. The summed E-state index contributed by atoms with van der Waals surface area (Å²) < 4.78 is 3.34. The number of thiazole rings is 1. The van der Waals surface area contributed by atoms with Crippen LogP contribution in [-0.2, 0) is 11.3 Å². The van der Waals surface area contributed by atoms with Crippen molar-refractivity contribution in [3.63, 3.8) is 0 Å². The van der Waals surface area contributed by atoms with Crippen LogP contribution in [0.5, 0.6) is 0 Å². The van der Waals surface area contributed by atoms with Gasteiger partial charge in [-0.25, -0.2) is 4.52 Å². The molecule has 38 heavy (non-hydrogen) atoms. The zero-order chi connectivity index (χ0) is 26.3. The highest BCUT2D eigenvalue weighted by atomic mass is 32.1. The predicted octanol–water partition coefficient (Wildman–Crippen LogP) is 3.02. The Kier molecular flexibility index (Phi) is 6.46. The molecule has 1 saturated heterocycles. The Morgan fingerprint density at radius 2 is 1.89 bits per heavy atom. The fourth-order valence-electron chi connectivity index (χ4n) is 4.97. The van der Waals surface area contributed by atoms with E-state index in [1.54, 1.807) is 33.9 Å². The van der Waals surface area contributed by atoms with E-state index in [9.17, 15) is 9.59 Å². The lowest BCUT2D eigenvalue weighted by Crippen LogP contribution is -2.39. The van der Waals surface area contributed by atoms with Crippen LogP contribution in [0.3, 0.4) is 0 Å². The van der Waals surface area contributed by atoms with Crippen molar-refractivity contribution in [1.29, 1.82) is 0 Å². The summed E-state index contributed by atoms with van der Waals surface area (Å²) in [6.07, 6.45) is 13.6. The van der Waals surface area contributed by atoms with E-state index >= 15 is 0 Å². The molecule has 5 heterocycles. The van der Waals surface area contributed by atoms with Crippen molar-refractivity contribution in [2.45, 2.75) is 39.2 Å². The molecule has 1 spiro atoms. The Balaban J connectivity index is 1.12. The van der Waals surface area contributed by atoms with Gasteiger partial charge in [-0.05, 0) is 57.2 Å². The maximum Gasteiger partial charge on any atom is 0.260 e. The maximum atomic E-state index is 13.2. The number of hydrogen-bond donors (Lipinski definition) is 3. The Bertz CT molecular complexity index is 1490. The summed E-state index contributed by atoms with van der Waals surface area (Å²) >= 11 is 1.44. The topological polar surface area (TPSA) is 130 Å². The number of amides is 2. The minimum Gasteiger partial charge on any atom is -0.394 e. The number of nitrogens with one attached hydrogen (secondary N) is 2. The number of carbonyl (C=O) groups is 2. The maximum absolute atomic E-state index is 13.2. The van der Waals surface area contributed by atoms with E-state index in [1.807, 2.05) is 19.3 Å². The number of nitrogens with zero attached hydrogens (tertiary/aromatic N) is 6. The monoisotopic (exact) mass is 534 g/mol. The van der Waals surface area contributed by atoms with Crippen molar-refractivity contribution in [3.8, 4) is 10.4 Å². The lowest BCUT2D eigenvalue weighted by molar-refractivity contribution is -0.117. The third-order valence-electron chi connectivity index (χ3n) is 7.55. The highest BCUT2D eigenvalue weighted by Gasteiger charge is 2.44. The van der Waals surface area contributed by atoms with E-state index in [2.05, 4.69) is 30.7 Å². The first-order valence-corrected chi connectivity index (χ1v) is 13.6. The molecule has 4 aromatic rings. The van der Waals surface area contributed by atoms with E-state index in [-0.39, 0.29) is 18.4 Å². The van der Waals surface area contributed by atoms with Gasteiger partial charge in [0.25, 0.3) is 5.91 Å². The average Bonchev–Trinajstić information content (AvgIpc) is 3.22. The smallest absolute Gasteiger partial charge is 0.260 e. The fourth-order valence-corrected chi connectivity index (χ4v) is 6.01. The fraction of sp³-hybridized carbons (Fsp3) is 0.423. The molecule has 1 aliphatic carbocycles. The van der Waals surface area contributed by atoms with Gasteiger partial charge in [0.05, 0.1) is 65.8 Å². The number of piperidine rings is 1. The molecule has 6 rings (SSSR count). The number of aliphatic hydroxyl groups excluding tert-OH is 1. The van der Waals surface area contributed by atoms with Crippen LogP contribution in [0, 0.1) is 12.3 Å². The Morgan fingerprint density at radius 1 is 1.08 bits per heavy atom. The molecule has 198 valence electrons. The minimum absolute atomic E-state index is 0.0113. The quantitative estimate of drug-likeness (QED) is 0.317. The van der Waals surface area contributed by atoms with E-state index < -0.39 is 0 Å². The van der Waals surface area contributed by atoms with Crippen LogP contribution >= 0.6 is 11.3 Å². The van der Waals surface area contributed by atoms with E-state index in [1.165, 1.54) is 37.0 Å². The highest BCUT2D eigenvalue weighted by Crippen LogP contribution is 2.53. The van der Waals surface area contributed by atoms with Gasteiger partial charge in [-0.3, -0.25) is 24.2 Å². The first-order chi connectivity index (χ1) is 18.4. The first-order valence-electron chi connectivity index (χ1n) is 12.8. The normalized spacial score (nSPS) is 16.7. The van der Waals surface area contributed by atoms with Crippen LogP contribution in [0.1, 0.15) is 41.7 Å². The summed E-state index contributed by atoms with van der Waals surface area (Å²) in [6.45, 7) is 4.54. The Labute approximate surface area is 223 Å². The number of aryl methyl sites for hydroxylation is 1. The second-order valence-electron chi connectivity index (χ2n) is 10.3. The van der Waals surface area contributed by atoms with Gasteiger partial charge < -0.3 is 15.7 Å². The number of pyridine rings is 1. The van der Waals surface area contributed by atoms with Crippen molar-refractivity contribution in [1.82, 2.24) is 29.3 Å². The predicted molar refractivity (Wildman–Crippen MR) is 144 cm³/mol. The first kappa shape index (κ1) is 24.7. The molecule has 0 atom stereocenters. The van der Waals surface area contributed by atoms with E-state index in [4.69, 9.17) is 5.11 Å². The van der Waals surface area contributed by atoms with Crippen LogP contribution in [-0.4, -0.2) is 72.4 Å². The molecule has 4 aromatic heterocycles. The van der Waals surface area contributed by atoms with Crippen molar-refractivity contribution in [3.05, 3.63) is 48.3 Å². The molecule has 0 bridgehead atoms. The largest absolute Gasteiger partial charge is 0.394 e. The van der Waals surface area contributed by atoms with Crippen molar-refractivity contribution >= 4 is 39.4 Å². The Hall–Kier alpha value is -3.61. The molecule has 2 amide bonds. The summed E-state index contributed by atoms with van der Waals surface area (Å²) in [6, 6.07) is 1.74. The van der Waals surface area contributed by atoms with Crippen LogP contribution in [0.2, 0.25) is 0 Å². The van der Waals surface area contributed by atoms with Crippen LogP contribution in [0.4, 0.5) is 11.4 Å². The summed E-state index contributed by atoms with van der Waals surface area (Å²) in [7, 11) is 0. The van der Waals surface area contributed by atoms with Gasteiger partial charge in [0.2, 0.25) is 5.91 Å². The third-order valence-corrected chi connectivity index (χ3v) is 8.71. The Morgan fingerprint density at radius 3 is 2.66 bits per heavy atom. The van der Waals surface area contributed by atoms with Gasteiger partial charge in [0, 0.05) is 18.0 Å². The number of aliphatic hydroxyl groups is 1. The summed E-state index contributed by atoms with van der Waals surface area (Å²) in [5.74, 6) is -0.383. The molecular weight excluding hydrogens is 504 g/mol. The van der Waals surface area contributed by atoms with Gasteiger partial charge in [0.15, 0.2) is 0 Å². The van der Waals surface area contributed by atoms with Crippen LogP contribution in [0.15, 0.2) is 37.1 Å². The average molecular weight is 535 g/mol. The zero-order valence-electron chi connectivity index (χ0n) is 21.2. The van der Waals surface area contributed by atoms with E-state index in [0.29, 0.717) is 46.0 Å². The summed E-state index contributed by atoms with van der Waals surface area (Å²) in [5, 5.41) is 23.6. The molecule has 2 aliphatic rings. The van der Waals surface area contributed by atoms with Gasteiger partial charge in [-0.1, -0.05) is 0 Å². The molecule has 1 saturated carbocycles. The molecule has 2 fully saturated rings. The number of carbonyl (C=O) groups excluding carboxylic acids is 2. The summed E-state index contributed by atoms with van der Waals surface area (Å²) in [5.41, 5.74) is 3.63. The molecule has 3 N–H and O–H groups in total. The molecular formula is C26H30N8O3S. The van der Waals surface area contributed by atoms with Gasteiger partial charge in [-0.2, -0.15) is 10.2 Å². The molecule has 1 aliphatic heterocycles. The molecule has 0 unspecified atom stereocenters. The van der Waals surface area contributed by atoms with Crippen molar-refractivity contribution in [2.24, 2.45) is 5.41 Å². The van der Waals surface area contributed by atoms with E-state index in [0.717, 1.165) is 23.5 Å². The third kappa shape index (κ3) is 5.06. The molecule has 0 aromatic carbocycles. The second-order valence-corrected chi connectivity index (χ2v) is 11.3. The number of likely N-dealkylation sites (tertiary alicyclic amines) is 1. The van der Waals surface area contributed by atoms with Gasteiger partial charge in [0.1, 0.15) is 4.83 Å². The SMILES string of the molecule is Cc1ncc(NC(=O)CN2CCC3(CC2)CC3)cc1NC(=O)c1cnn2cc(-c3cnn(CCO)c3)sc12. The summed E-state index contributed by atoms with van der Waals surface area (Å²) in [4.78, 5) is 34.1. The standard InChI is InChI=1S/C26H30N8O3S/c1-17-21(10-19(12-27-17)30-23(36)16-32-6-4-26(2-3-26)5-7-32)31-24(37)20-13-29-34-15-22(38-25(20)34)18-11-28-33(14-18)8-9-35/h10-15,35H,2-9,16H2,1H3,(H,30,36)(H,31,37). The van der Waals surface area contributed by atoms with Crippen molar-refractivity contribution < 1.29 is 14.7 Å². The van der Waals surface area contributed by atoms with Crippen molar-refractivity contribution in [2.75, 3.05) is 36.9 Å². The minimum atomic E-state index is -0.305.